The maximum Gasteiger partial charge on any atom is 0.278 e. The van der Waals surface area contributed by atoms with Gasteiger partial charge in [0, 0.05) is 19.0 Å². The van der Waals surface area contributed by atoms with Crippen LogP contribution in [0.2, 0.25) is 0 Å². The van der Waals surface area contributed by atoms with Crippen molar-refractivity contribution in [2.45, 2.75) is 46.0 Å². The predicted molar refractivity (Wildman–Crippen MR) is 143 cm³/mol. The first-order valence-corrected chi connectivity index (χ1v) is 12.1. The molecule has 2 aliphatic rings. The van der Waals surface area contributed by atoms with E-state index in [0.717, 1.165) is 22.5 Å². The number of aromatic amines is 1. The van der Waals surface area contributed by atoms with Gasteiger partial charge in [-0.3, -0.25) is 9.36 Å². The number of nitrogens with zero attached hydrogens (tertiary/aromatic N) is 2. The molecule has 2 heterocycles. The van der Waals surface area contributed by atoms with E-state index in [1.165, 1.54) is 16.7 Å². The zero-order valence-electron chi connectivity index (χ0n) is 20.8. The van der Waals surface area contributed by atoms with Gasteiger partial charge in [0.1, 0.15) is 5.69 Å². The van der Waals surface area contributed by atoms with Crippen LogP contribution in [0.1, 0.15) is 54.4 Å². The molecule has 0 aliphatic carbocycles. The first kappa shape index (κ1) is 22.9. The number of hydrogen-bond donors (Lipinski definition) is 1. The Balaban J connectivity index is 1.61. The molecule has 3 aromatic carbocycles. The Morgan fingerprint density at radius 2 is 1.49 bits per heavy atom. The smallest absolute Gasteiger partial charge is 0.278 e. The average molecular weight is 462 g/mol. The van der Waals surface area contributed by atoms with Gasteiger partial charge in [0.25, 0.3) is 5.56 Å². The number of H-pyrrole nitrogens is 1. The molecule has 0 fully saturated rings. The van der Waals surface area contributed by atoms with Crippen LogP contribution in [0.3, 0.4) is 0 Å². The fourth-order valence-corrected chi connectivity index (χ4v) is 4.41. The van der Waals surface area contributed by atoms with Crippen molar-refractivity contribution >= 4 is 0 Å². The van der Waals surface area contributed by atoms with Crippen LogP contribution in [-0.2, 0) is 18.3 Å². The van der Waals surface area contributed by atoms with Gasteiger partial charge in [0.05, 0.1) is 11.4 Å². The van der Waals surface area contributed by atoms with E-state index in [9.17, 15) is 4.79 Å². The molecule has 0 atom stereocenters. The third-order valence-corrected chi connectivity index (χ3v) is 6.53. The minimum Gasteiger partial charge on any atom is -0.354 e. The number of rotatable bonds is 5. The van der Waals surface area contributed by atoms with Gasteiger partial charge in [0.15, 0.2) is 5.82 Å². The van der Waals surface area contributed by atoms with Crippen molar-refractivity contribution in [1.82, 2.24) is 14.5 Å². The Morgan fingerprint density at radius 3 is 2.14 bits per heavy atom. The Kier molecular flexibility index (Phi) is 5.89. The molecule has 2 aliphatic heterocycles. The van der Waals surface area contributed by atoms with E-state index in [4.69, 9.17) is 4.98 Å². The molecule has 0 radical (unpaired) electrons. The van der Waals surface area contributed by atoms with E-state index < -0.39 is 0 Å². The maximum absolute atomic E-state index is 13.5. The lowest BCUT2D eigenvalue weighted by atomic mass is 9.86. The summed E-state index contributed by atoms with van der Waals surface area (Å²) in [4.78, 5) is 21.9. The van der Waals surface area contributed by atoms with Crippen LogP contribution in [0.4, 0.5) is 0 Å². The molecule has 5 rings (SSSR count). The summed E-state index contributed by atoms with van der Waals surface area (Å²) in [6.45, 7) is 8.70. The molecule has 0 amide bonds. The van der Waals surface area contributed by atoms with Gasteiger partial charge in [-0.1, -0.05) is 105 Å². The van der Waals surface area contributed by atoms with Gasteiger partial charge in [-0.05, 0) is 34.6 Å². The van der Waals surface area contributed by atoms with Crippen molar-refractivity contribution in [3.8, 4) is 17.1 Å². The highest BCUT2D eigenvalue weighted by Crippen LogP contribution is 2.27. The SMILES string of the molecule is Cc1ccc(Cc2nc3c(Cc4ccccc4)[nH]c(-c4ccc(C(C)(C)C)cc4)cn-3c2=O)cc1. The molecule has 0 aromatic heterocycles. The Labute approximate surface area is 206 Å². The van der Waals surface area contributed by atoms with Gasteiger partial charge in [-0.15, -0.1) is 0 Å². The summed E-state index contributed by atoms with van der Waals surface area (Å²) in [6, 6.07) is 27.2. The molecule has 0 unspecified atom stereocenters. The Bertz CT molecular complexity index is 1470. The molecule has 1 N–H and O–H groups in total. The third-order valence-electron chi connectivity index (χ3n) is 6.53. The van der Waals surface area contributed by atoms with Crippen molar-refractivity contribution in [2.75, 3.05) is 0 Å². The predicted octanol–water partition coefficient (Wildman–Crippen LogP) is 6.45. The third kappa shape index (κ3) is 4.83. The van der Waals surface area contributed by atoms with Gasteiger partial charge in [-0.2, -0.15) is 0 Å². The van der Waals surface area contributed by atoms with Crippen molar-refractivity contribution in [2.24, 2.45) is 0 Å². The van der Waals surface area contributed by atoms with Crippen LogP contribution in [0.25, 0.3) is 17.1 Å². The second-order valence-electron chi connectivity index (χ2n) is 10.4. The Hall–Kier alpha value is -3.92. The zero-order valence-corrected chi connectivity index (χ0v) is 20.8. The molecule has 176 valence electrons. The highest BCUT2D eigenvalue weighted by Gasteiger charge is 2.21. The van der Waals surface area contributed by atoms with Crippen molar-refractivity contribution < 1.29 is 0 Å². The quantitative estimate of drug-likeness (QED) is 0.327. The van der Waals surface area contributed by atoms with Crippen LogP contribution in [0.5, 0.6) is 0 Å². The van der Waals surface area contributed by atoms with Crippen LogP contribution in [-0.4, -0.2) is 14.5 Å². The summed E-state index contributed by atoms with van der Waals surface area (Å²) in [5.41, 5.74) is 8.20. The molecule has 3 aromatic rings. The van der Waals surface area contributed by atoms with Gasteiger partial charge in [-0.25, -0.2) is 4.98 Å². The molecule has 35 heavy (non-hydrogen) atoms. The van der Waals surface area contributed by atoms with E-state index in [1.807, 2.05) is 24.4 Å². The molecular weight excluding hydrogens is 430 g/mol. The second-order valence-corrected chi connectivity index (χ2v) is 10.4. The van der Waals surface area contributed by atoms with Gasteiger partial charge < -0.3 is 4.98 Å². The van der Waals surface area contributed by atoms with E-state index in [-0.39, 0.29) is 11.0 Å². The maximum atomic E-state index is 13.5. The minimum atomic E-state index is -0.0588. The lowest BCUT2D eigenvalue weighted by Gasteiger charge is -2.19. The summed E-state index contributed by atoms with van der Waals surface area (Å²) in [6.07, 6.45) is 3.07. The standard InChI is InChI=1S/C31H31N3O/c1-21-10-12-23(13-11-21)19-27-30(35)34-20-28(24-14-16-25(17-15-24)31(2,3)4)32-26(29(34)33-27)18-22-8-6-5-7-9-22/h5-17,20,32H,18-19H2,1-4H3. The topological polar surface area (TPSA) is 50.7 Å². The van der Waals surface area contributed by atoms with Crippen LogP contribution >= 0.6 is 0 Å². The van der Waals surface area contributed by atoms with Crippen LogP contribution in [0, 0.1) is 6.92 Å². The summed E-state index contributed by atoms with van der Waals surface area (Å²) < 4.78 is 1.71. The van der Waals surface area contributed by atoms with E-state index in [0.29, 0.717) is 24.4 Å². The minimum absolute atomic E-state index is 0.0588. The summed E-state index contributed by atoms with van der Waals surface area (Å²) >= 11 is 0. The number of benzene rings is 3. The normalized spacial score (nSPS) is 11.8. The van der Waals surface area contributed by atoms with Crippen LogP contribution < -0.4 is 5.56 Å². The number of aryl methyl sites for hydroxylation is 1. The lowest BCUT2D eigenvalue weighted by Crippen LogP contribution is -2.18. The molecule has 0 saturated heterocycles. The number of nitrogens with one attached hydrogen (secondary N) is 1. The van der Waals surface area contributed by atoms with E-state index in [1.54, 1.807) is 4.57 Å². The van der Waals surface area contributed by atoms with Gasteiger partial charge in [0.2, 0.25) is 0 Å². The molecule has 4 nitrogen and oxygen atoms in total. The molecular formula is C31H31N3O. The van der Waals surface area contributed by atoms with Crippen molar-refractivity contribution in [3.63, 3.8) is 0 Å². The van der Waals surface area contributed by atoms with Gasteiger partial charge >= 0.3 is 0 Å². The van der Waals surface area contributed by atoms with E-state index >= 15 is 0 Å². The number of imidazole rings is 1. The fraction of sp³-hybridized carbons (Fsp3) is 0.226. The summed E-state index contributed by atoms with van der Waals surface area (Å²) in [5.74, 6) is 0.691. The lowest BCUT2D eigenvalue weighted by molar-refractivity contribution is 0.590. The van der Waals surface area contributed by atoms with E-state index in [2.05, 4.69) is 93.3 Å². The number of aromatic nitrogens is 3. The highest BCUT2D eigenvalue weighted by molar-refractivity contribution is 5.61. The van der Waals surface area contributed by atoms with Crippen LogP contribution in [0.15, 0.2) is 89.9 Å². The molecule has 0 bridgehead atoms. The fourth-order valence-electron chi connectivity index (χ4n) is 4.41. The zero-order chi connectivity index (χ0) is 24.6. The second kappa shape index (κ2) is 9.03. The highest BCUT2D eigenvalue weighted by atomic mass is 16.1. The Morgan fingerprint density at radius 1 is 0.829 bits per heavy atom. The first-order chi connectivity index (χ1) is 16.8. The van der Waals surface area contributed by atoms with Crippen molar-refractivity contribution in [3.05, 3.63) is 129 Å². The largest absolute Gasteiger partial charge is 0.354 e. The van der Waals surface area contributed by atoms with Crippen molar-refractivity contribution in [1.29, 1.82) is 0 Å². The summed E-state index contributed by atoms with van der Waals surface area (Å²) in [5, 5.41) is 0. The first-order valence-electron chi connectivity index (χ1n) is 12.1. The summed E-state index contributed by atoms with van der Waals surface area (Å²) in [7, 11) is 0. The molecule has 4 heteroatoms. The monoisotopic (exact) mass is 461 g/mol. The molecule has 0 spiro atoms. The number of fused-ring (bicyclic) bond motifs is 1. The average Bonchev–Trinajstić information content (AvgIpc) is 3.16. The number of hydrogen-bond acceptors (Lipinski definition) is 2. The molecule has 0 saturated carbocycles.